The molecule has 3 aromatic rings. The highest BCUT2D eigenvalue weighted by Gasteiger charge is 2.09. The Balaban J connectivity index is 1.88. The maximum absolute atomic E-state index is 12.3. The van der Waals surface area contributed by atoms with Crippen molar-refractivity contribution in [3.63, 3.8) is 0 Å². The van der Waals surface area contributed by atoms with E-state index in [1.165, 1.54) is 0 Å². The monoisotopic (exact) mass is 266 g/mol. The summed E-state index contributed by atoms with van der Waals surface area (Å²) in [6.07, 6.45) is 1.85. The first-order valence-electron chi connectivity index (χ1n) is 6.29. The molecule has 0 radical (unpaired) electrons. The number of nitrogens with one attached hydrogen (secondary N) is 2. The summed E-state index contributed by atoms with van der Waals surface area (Å²) in [5.41, 5.74) is 2.29. The van der Waals surface area contributed by atoms with E-state index in [0.717, 1.165) is 10.9 Å². The van der Waals surface area contributed by atoms with Gasteiger partial charge in [0.25, 0.3) is 5.91 Å². The molecule has 0 aliphatic rings. The largest absolute Gasteiger partial charge is 0.495 e. The Morgan fingerprint density at radius 1 is 1.15 bits per heavy atom. The van der Waals surface area contributed by atoms with E-state index in [1.54, 1.807) is 13.2 Å². The van der Waals surface area contributed by atoms with Crippen LogP contribution in [0.4, 0.5) is 5.69 Å². The van der Waals surface area contributed by atoms with Gasteiger partial charge in [0.15, 0.2) is 0 Å². The molecule has 100 valence electrons. The quantitative estimate of drug-likeness (QED) is 0.763. The second-order valence-corrected chi connectivity index (χ2v) is 4.43. The minimum absolute atomic E-state index is 0.155. The average Bonchev–Trinajstić information content (AvgIpc) is 2.95. The van der Waals surface area contributed by atoms with Crippen LogP contribution in [0.2, 0.25) is 0 Å². The molecule has 0 spiro atoms. The third kappa shape index (κ3) is 2.23. The Hall–Kier alpha value is -2.75. The fourth-order valence-corrected chi connectivity index (χ4v) is 2.14. The summed E-state index contributed by atoms with van der Waals surface area (Å²) in [5.74, 6) is 0.487. The molecule has 3 rings (SSSR count). The van der Waals surface area contributed by atoms with Crippen molar-refractivity contribution >= 4 is 22.5 Å². The van der Waals surface area contributed by atoms with Gasteiger partial charge in [0.2, 0.25) is 0 Å². The topological polar surface area (TPSA) is 54.1 Å². The van der Waals surface area contributed by atoms with Gasteiger partial charge >= 0.3 is 0 Å². The van der Waals surface area contributed by atoms with Gasteiger partial charge in [-0.1, -0.05) is 12.1 Å². The summed E-state index contributed by atoms with van der Waals surface area (Å²) >= 11 is 0. The summed E-state index contributed by atoms with van der Waals surface area (Å²) in [6, 6.07) is 14.8. The maximum Gasteiger partial charge on any atom is 0.255 e. The molecule has 2 N–H and O–H groups in total. The molecule has 20 heavy (non-hydrogen) atoms. The minimum Gasteiger partial charge on any atom is -0.495 e. The van der Waals surface area contributed by atoms with Crippen LogP contribution < -0.4 is 10.1 Å². The van der Waals surface area contributed by atoms with Crippen LogP contribution in [0.25, 0.3) is 10.9 Å². The van der Waals surface area contributed by atoms with Crippen LogP contribution in [0.5, 0.6) is 5.75 Å². The summed E-state index contributed by atoms with van der Waals surface area (Å²) in [4.78, 5) is 15.4. The zero-order valence-corrected chi connectivity index (χ0v) is 11.0. The number of amides is 1. The Labute approximate surface area is 116 Å². The number of rotatable bonds is 3. The maximum atomic E-state index is 12.3. The molecular weight excluding hydrogens is 252 g/mol. The number of hydrogen-bond acceptors (Lipinski definition) is 2. The predicted octanol–water partition coefficient (Wildman–Crippen LogP) is 3.43. The Morgan fingerprint density at radius 3 is 2.85 bits per heavy atom. The average molecular weight is 266 g/mol. The highest BCUT2D eigenvalue weighted by atomic mass is 16.5. The highest BCUT2D eigenvalue weighted by molar-refractivity contribution is 6.06. The molecule has 4 nitrogen and oxygen atoms in total. The fraction of sp³-hybridized carbons (Fsp3) is 0.0625. The van der Waals surface area contributed by atoms with Crippen molar-refractivity contribution in [2.24, 2.45) is 0 Å². The first-order chi connectivity index (χ1) is 9.78. The second-order valence-electron chi connectivity index (χ2n) is 4.43. The zero-order chi connectivity index (χ0) is 13.9. The molecule has 1 amide bonds. The zero-order valence-electron chi connectivity index (χ0n) is 11.0. The Bertz CT molecular complexity index is 762. The van der Waals surface area contributed by atoms with E-state index in [9.17, 15) is 4.79 Å². The number of carbonyl (C=O) groups is 1. The summed E-state index contributed by atoms with van der Waals surface area (Å²) in [5, 5.41) is 3.87. The smallest absolute Gasteiger partial charge is 0.255 e. The molecule has 0 atom stereocenters. The molecule has 2 aromatic carbocycles. The number of aromatic amines is 1. The summed E-state index contributed by atoms with van der Waals surface area (Å²) in [7, 11) is 1.58. The van der Waals surface area contributed by atoms with Crippen molar-refractivity contribution in [2.75, 3.05) is 12.4 Å². The number of para-hydroxylation sites is 2. The van der Waals surface area contributed by atoms with Crippen LogP contribution in [-0.2, 0) is 0 Å². The predicted molar refractivity (Wildman–Crippen MR) is 79.2 cm³/mol. The number of fused-ring (bicyclic) bond motifs is 1. The minimum atomic E-state index is -0.155. The lowest BCUT2D eigenvalue weighted by Gasteiger charge is -2.09. The third-order valence-corrected chi connectivity index (χ3v) is 3.17. The molecule has 0 aliphatic carbocycles. The van der Waals surface area contributed by atoms with Gasteiger partial charge in [-0.2, -0.15) is 0 Å². The molecule has 1 aromatic heterocycles. The SMILES string of the molecule is COc1ccccc1NC(=O)c1ccc2[nH]ccc2c1. The lowest BCUT2D eigenvalue weighted by molar-refractivity contribution is 0.102. The second kappa shape index (κ2) is 5.09. The van der Waals surface area contributed by atoms with Gasteiger partial charge in [0, 0.05) is 22.7 Å². The first kappa shape index (κ1) is 12.3. The van der Waals surface area contributed by atoms with E-state index >= 15 is 0 Å². The molecule has 0 unspecified atom stereocenters. The van der Waals surface area contributed by atoms with Crippen LogP contribution in [-0.4, -0.2) is 18.0 Å². The summed E-state index contributed by atoms with van der Waals surface area (Å²) in [6.45, 7) is 0. The first-order valence-corrected chi connectivity index (χ1v) is 6.29. The highest BCUT2D eigenvalue weighted by Crippen LogP contribution is 2.24. The van der Waals surface area contributed by atoms with Gasteiger partial charge in [-0.15, -0.1) is 0 Å². The number of ether oxygens (including phenoxy) is 1. The van der Waals surface area contributed by atoms with Gasteiger partial charge in [0.1, 0.15) is 5.75 Å². The molecule has 4 heteroatoms. The van der Waals surface area contributed by atoms with E-state index < -0.39 is 0 Å². The van der Waals surface area contributed by atoms with E-state index in [-0.39, 0.29) is 5.91 Å². The number of H-pyrrole nitrogens is 1. The van der Waals surface area contributed by atoms with E-state index in [0.29, 0.717) is 17.0 Å². The van der Waals surface area contributed by atoms with Crippen molar-refractivity contribution in [3.8, 4) is 5.75 Å². The normalized spacial score (nSPS) is 10.4. The fourth-order valence-electron chi connectivity index (χ4n) is 2.14. The molecule has 0 aliphatic heterocycles. The van der Waals surface area contributed by atoms with E-state index in [1.807, 2.05) is 48.7 Å². The summed E-state index contributed by atoms with van der Waals surface area (Å²) < 4.78 is 5.22. The van der Waals surface area contributed by atoms with Gasteiger partial charge < -0.3 is 15.0 Å². The van der Waals surface area contributed by atoms with Crippen molar-refractivity contribution in [1.29, 1.82) is 0 Å². The van der Waals surface area contributed by atoms with Gasteiger partial charge in [-0.3, -0.25) is 4.79 Å². The lowest BCUT2D eigenvalue weighted by Crippen LogP contribution is -2.12. The number of methoxy groups -OCH3 is 1. The van der Waals surface area contributed by atoms with Crippen molar-refractivity contribution in [2.45, 2.75) is 0 Å². The van der Waals surface area contributed by atoms with Crippen molar-refractivity contribution in [1.82, 2.24) is 4.98 Å². The van der Waals surface area contributed by atoms with Gasteiger partial charge in [0.05, 0.1) is 12.8 Å². The number of carbonyl (C=O) groups excluding carboxylic acids is 1. The molecule has 0 saturated carbocycles. The molecule has 0 bridgehead atoms. The molecular formula is C16H14N2O2. The number of benzene rings is 2. The standard InChI is InChI=1S/C16H14N2O2/c1-20-15-5-3-2-4-14(15)18-16(19)12-6-7-13-11(10-12)8-9-17-13/h2-10,17H,1H3,(H,18,19). The van der Waals surface area contributed by atoms with Crippen LogP contribution in [0, 0.1) is 0 Å². The van der Waals surface area contributed by atoms with Crippen LogP contribution in [0.3, 0.4) is 0 Å². The van der Waals surface area contributed by atoms with Crippen LogP contribution in [0.15, 0.2) is 54.7 Å². The third-order valence-electron chi connectivity index (χ3n) is 3.17. The Morgan fingerprint density at radius 2 is 2.00 bits per heavy atom. The van der Waals surface area contributed by atoms with E-state index in [2.05, 4.69) is 10.3 Å². The molecule has 0 fully saturated rings. The van der Waals surface area contributed by atoms with Crippen LogP contribution >= 0.6 is 0 Å². The lowest BCUT2D eigenvalue weighted by atomic mass is 10.1. The van der Waals surface area contributed by atoms with Crippen molar-refractivity contribution < 1.29 is 9.53 Å². The van der Waals surface area contributed by atoms with Crippen molar-refractivity contribution in [3.05, 3.63) is 60.3 Å². The van der Waals surface area contributed by atoms with Gasteiger partial charge in [-0.05, 0) is 36.4 Å². The Kier molecular flexibility index (Phi) is 3.13. The van der Waals surface area contributed by atoms with E-state index in [4.69, 9.17) is 4.74 Å². The van der Waals surface area contributed by atoms with Crippen LogP contribution in [0.1, 0.15) is 10.4 Å². The number of hydrogen-bond donors (Lipinski definition) is 2. The number of aromatic nitrogens is 1. The molecule has 1 heterocycles. The number of anilines is 1. The van der Waals surface area contributed by atoms with Gasteiger partial charge in [-0.25, -0.2) is 0 Å². The molecule has 0 saturated heterocycles.